The Hall–Kier alpha value is -2.40. The fourth-order valence-corrected chi connectivity index (χ4v) is 4.19. The topological polar surface area (TPSA) is 32.8 Å². The fraction of sp³-hybridized carbons (Fsp3) is 0.409. The van der Waals surface area contributed by atoms with Gasteiger partial charge >= 0.3 is 6.09 Å². The average Bonchev–Trinajstić information content (AvgIpc) is 2.68. The molecule has 142 valence electrons. The molecular formula is C22H25FN2O2. The van der Waals surface area contributed by atoms with E-state index < -0.39 is 0 Å². The first kappa shape index (κ1) is 18.0. The summed E-state index contributed by atoms with van der Waals surface area (Å²) < 4.78 is 19.3. The number of halogens is 1. The molecule has 2 aromatic rings. The van der Waals surface area contributed by atoms with E-state index in [1.165, 1.54) is 17.7 Å². The zero-order valence-electron chi connectivity index (χ0n) is 15.6. The number of carbonyl (C=O) groups excluding carboxylic acids is 1. The highest BCUT2D eigenvalue weighted by Crippen LogP contribution is 2.35. The molecule has 0 aromatic heterocycles. The van der Waals surface area contributed by atoms with Crippen molar-refractivity contribution in [3.63, 3.8) is 0 Å². The second-order valence-corrected chi connectivity index (χ2v) is 7.51. The molecule has 0 bridgehead atoms. The van der Waals surface area contributed by atoms with Crippen LogP contribution in [-0.2, 0) is 11.2 Å². The molecule has 2 aliphatic heterocycles. The van der Waals surface area contributed by atoms with Gasteiger partial charge in [-0.1, -0.05) is 36.4 Å². The average molecular weight is 368 g/mol. The van der Waals surface area contributed by atoms with E-state index in [2.05, 4.69) is 24.1 Å². The number of carbonyl (C=O) groups is 1. The summed E-state index contributed by atoms with van der Waals surface area (Å²) in [5.74, 6) is -0.276. The van der Waals surface area contributed by atoms with Gasteiger partial charge in [0.25, 0.3) is 0 Å². The van der Waals surface area contributed by atoms with Gasteiger partial charge in [-0.15, -0.1) is 0 Å². The lowest BCUT2D eigenvalue weighted by Gasteiger charge is -2.38. The number of nitrogens with zero attached hydrogens (tertiary/aromatic N) is 2. The van der Waals surface area contributed by atoms with Crippen LogP contribution in [0.25, 0.3) is 0 Å². The molecule has 2 heterocycles. The number of likely N-dealkylation sites (tertiary alicyclic amines) is 1. The standard InChI is InChI=1S/C22H25FN2O2/c1-24-13-4-6-19(15-24)27-22(26)25-14-12-16-5-2-3-7-20(16)21(25)17-8-10-18(23)11-9-17/h2-3,5,7-11,19,21H,4,6,12-15H2,1H3/t19-,21+/m1/s1. The molecule has 0 unspecified atom stereocenters. The minimum atomic E-state index is -0.279. The van der Waals surface area contributed by atoms with Crippen LogP contribution in [0.4, 0.5) is 9.18 Å². The molecule has 0 aliphatic carbocycles. The van der Waals surface area contributed by atoms with Gasteiger partial charge < -0.3 is 9.64 Å². The van der Waals surface area contributed by atoms with E-state index in [9.17, 15) is 9.18 Å². The lowest BCUT2D eigenvalue weighted by Crippen LogP contribution is -2.45. The molecule has 2 aromatic carbocycles. The van der Waals surface area contributed by atoms with Crippen molar-refractivity contribution < 1.29 is 13.9 Å². The van der Waals surface area contributed by atoms with Gasteiger partial charge in [0.05, 0.1) is 6.04 Å². The number of benzene rings is 2. The molecule has 27 heavy (non-hydrogen) atoms. The van der Waals surface area contributed by atoms with Crippen LogP contribution in [0.1, 0.15) is 35.6 Å². The maximum absolute atomic E-state index is 13.4. The van der Waals surface area contributed by atoms with Gasteiger partial charge in [0, 0.05) is 13.1 Å². The molecule has 0 N–H and O–H groups in total. The summed E-state index contributed by atoms with van der Waals surface area (Å²) in [5.41, 5.74) is 3.22. The molecule has 0 saturated carbocycles. The van der Waals surface area contributed by atoms with E-state index in [4.69, 9.17) is 4.74 Å². The maximum atomic E-state index is 13.4. The number of hydrogen-bond acceptors (Lipinski definition) is 3. The first-order chi connectivity index (χ1) is 13.1. The largest absolute Gasteiger partial charge is 0.445 e. The Morgan fingerprint density at radius 2 is 1.89 bits per heavy atom. The fourth-order valence-electron chi connectivity index (χ4n) is 4.19. The number of hydrogen-bond donors (Lipinski definition) is 0. The Morgan fingerprint density at radius 1 is 1.11 bits per heavy atom. The van der Waals surface area contributed by atoms with Crippen LogP contribution >= 0.6 is 0 Å². The monoisotopic (exact) mass is 368 g/mol. The summed E-state index contributed by atoms with van der Waals surface area (Å²) in [6, 6.07) is 14.3. The second kappa shape index (κ2) is 7.69. The van der Waals surface area contributed by atoms with Crippen molar-refractivity contribution in [3.05, 3.63) is 71.0 Å². The van der Waals surface area contributed by atoms with Crippen molar-refractivity contribution in [1.29, 1.82) is 0 Å². The molecule has 2 atom stereocenters. The summed E-state index contributed by atoms with van der Waals surface area (Å²) in [6.45, 7) is 2.42. The van der Waals surface area contributed by atoms with Gasteiger partial charge in [-0.25, -0.2) is 9.18 Å². The van der Waals surface area contributed by atoms with Crippen LogP contribution in [0.5, 0.6) is 0 Å². The van der Waals surface area contributed by atoms with Crippen molar-refractivity contribution in [2.45, 2.75) is 31.4 Å². The molecule has 4 rings (SSSR count). The van der Waals surface area contributed by atoms with Gasteiger partial charge in [0.15, 0.2) is 0 Å². The maximum Gasteiger partial charge on any atom is 0.410 e. The van der Waals surface area contributed by atoms with E-state index in [1.54, 1.807) is 17.0 Å². The first-order valence-electron chi connectivity index (χ1n) is 9.61. The van der Waals surface area contributed by atoms with Crippen LogP contribution in [-0.4, -0.2) is 48.7 Å². The molecule has 2 aliphatic rings. The Morgan fingerprint density at radius 3 is 2.67 bits per heavy atom. The smallest absolute Gasteiger partial charge is 0.410 e. The number of likely N-dealkylation sites (N-methyl/N-ethyl adjacent to an activating group) is 1. The first-order valence-corrected chi connectivity index (χ1v) is 9.61. The van der Waals surface area contributed by atoms with Crippen molar-refractivity contribution in [3.8, 4) is 0 Å². The molecule has 0 spiro atoms. The van der Waals surface area contributed by atoms with E-state index in [1.807, 2.05) is 12.1 Å². The molecular weight excluding hydrogens is 343 g/mol. The number of amides is 1. The lowest BCUT2D eigenvalue weighted by atomic mass is 9.88. The second-order valence-electron chi connectivity index (χ2n) is 7.51. The van der Waals surface area contributed by atoms with Gasteiger partial charge in [-0.3, -0.25) is 4.90 Å². The SMILES string of the molecule is CN1CCC[C@@H](OC(=O)N2CCc3ccccc3[C@@H]2c2ccc(F)cc2)C1. The van der Waals surface area contributed by atoms with Crippen molar-refractivity contribution in [1.82, 2.24) is 9.80 Å². The third-order valence-electron chi connectivity index (χ3n) is 5.55. The highest BCUT2D eigenvalue weighted by molar-refractivity contribution is 5.70. The highest BCUT2D eigenvalue weighted by Gasteiger charge is 2.34. The van der Waals surface area contributed by atoms with Crippen LogP contribution in [0.3, 0.4) is 0 Å². The third kappa shape index (κ3) is 3.83. The van der Waals surface area contributed by atoms with Crippen molar-refractivity contribution in [2.75, 3.05) is 26.7 Å². The van der Waals surface area contributed by atoms with Crippen molar-refractivity contribution >= 4 is 6.09 Å². The minimum absolute atomic E-state index is 0.0673. The number of piperidine rings is 1. The van der Waals surface area contributed by atoms with Gasteiger partial charge in [0.2, 0.25) is 0 Å². The van der Waals surface area contributed by atoms with E-state index in [-0.39, 0.29) is 24.1 Å². The summed E-state index contributed by atoms with van der Waals surface area (Å²) in [7, 11) is 2.05. The molecule has 1 amide bonds. The Balaban J connectivity index is 1.62. The number of rotatable bonds is 2. The van der Waals surface area contributed by atoms with Crippen LogP contribution in [0, 0.1) is 5.82 Å². The normalized spacial score (nSPS) is 23.0. The number of fused-ring (bicyclic) bond motifs is 1. The Labute approximate surface area is 159 Å². The Bertz CT molecular complexity index is 808. The highest BCUT2D eigenvalue weighted by atomic mass is 19.1. The predicted molar refractivity (Wildman–Crippen MR) is 102 cm³/mol. The van der Waals surface area contributed by atoms with E-state index in [0.29, 0.717) is 6.54 Å². The molecule has 1 saturated heterocycles. The van der Waals surface area contributed by atoms with Gasteiger partial charge in [-0.05, 0) is 61.7 Å². The number of ether oxygens (including phenoxy) is 1. The summed E-state index contributed by atoms with van der Waals surface area (Å²) in [4.78, 5) is 17.0. The summed E-state index contributed by atoms with van der Waals surface area (Å²) >= 11 is 0. The Kier molecular flexibility index (Phi) is 5.12. The van der Waals surface area contributed by atoms with Gasteiger partial charge in [-0.2, -0.15) is 0 Å². The van der Waals surface area contributed by atoms with Crippen LogP contribution in [0.2, 0.25) is 0 Å². The molecule has 4 nitrogen and oxygen atoms in total. The minimum Gasteiger partial charge on any atom is -0.445 e. The van der Waals surface area contributed by atoms with Crippen LogP contribution < -0.4 is 0 Å². The predicted octanol–water partition coefficient (Wildman–Crippen LogP) is 4.00. The van der Waals surface area contributed by atoms with Crippen molar-refractivity contribution in [2.24, 2.45) is 0 Å². The lowest BCUT2D eigenvalue weighted by molar-refractivity contribution is 0.0217. The van der Waals surface area contributed by atoms with Gasteiger partial charge in [0.1, 0.15) is 11.9 Å². The summed E-state index contributed by atoms with van der Waals surface area (Å²) in [6.07, 6.45) is 2.40. The van der Waals surface area contributed by atoms with E-state index >= 15 is 0 Å². The molecule has 5 heteroatoms. The third-order valence-corrected chi connectivity index (χ3v) is 5.55. The quantitative estimate of drug-likeness (QED) is 0.803. The summed E-state index contributed by atoms with van der Waals surface area (Å²) in [5, 5.41) is 0. The van der Waals surface area contributed by atoms with Crippen LogP contribution in [0.15, 0.2) is 48.5 Å². The molecule has 1 fully saturated rings. The zero-order chi connectivity index (χ0) is 18.8. The zero-order valence-corrected chi connectivity index (χ0v) is 15.6. The molecule has 0 radical (unpaired) electrons. The van der Waals surface area contributed by atoms with E-state index in [0.717, 1.165) is 43.5 Å².